The van der Waals surface area contributed by atoms with Crippen LogP contribution in [0.15, 0.2) is 48.9 Å². The number of aromatic nitrogens is 6. The molecule has 0 atom stereocenters. The van der Waals surface area contributed by atoms with Crippen molar-refractivity contribution in [1.82, 2.24) is 35.2 Å². The molecule has 5 rings (SSSR count). The minimum atomic E-state index is -0.352. The van der Waals surface area contributed by atoms with E-state index in [9.17, 15) is 4.39 Å². The lowest BCUT2D eigenvalue weighted by molar-refractivity contribution is 0.602. The van der Waals surface area contributed by atoms with E-state index < -0.39 is 0 Å². The number of aromatic amines is 1. The zero-order valence-corrected chi connectivity index (χ0v) is 17.3. The molecule has 4 heterocycles. The first-order valence-electron chi connectivity index (χ1n) is 9.84. The van der Waals surface area contributed by atoms with Crippen LogP contribution in [0.25, 0.3) is 21.4 Å². The molecule has 0 radical (unpaired) electrons. The van der Waals surface area contributed by atoms with Crippen molar-refractivity contribution in [3.8, 4) is 0 Å². The molecule has 0 amide bonds. The van der Waals surface area contributed by atoms with Crippen molar-refractivity contribution in [3.63, 3.8) is 0 Å². The smallest absolute Gasteiger partial charge is 0.157 e. The van der Waals surface area contributed by atoms with Crippen molar-refractivity contribution >= 4 is 38.5 Å². The number of para-hydroxylation sites is 2. The molecule has 0 spiro atoms. The van der Waals surface area contributed by atoms with Gasteiger partial charge in [0.25, 0.3) is 0 Å². The van der Waals surface area contributed by atoms with Crippen LogP contribution in [-0.4, -0.2) is 36.4 Å². The fourth-order valence-electron chi connectivity index (χ4n) is 3.24. The largest absolute Gasteiger partial charge is 0.362 e. The van der Waals surface area contributed by atoms with Crippen molar-refractivity contribution < 1.29 is 4.39 Å². The summed E-state index contributed by atoms with van der Waals surface area (Å²) in [6.45, 7) is 1.64. The molecule has 0 aliphatic rings. The lowest BCUT2D eigenvalue weighted by Gasteiger charge is -2.05. The standard InChI is InChI=1S/C21H19FN8S/c22-13-4-3-8-24-16(13)10-25-20-19-21(27-12-26-20)31-18(30-19)7-9-23-11-17-28-14-5-1-2-6-15(14)29-17/h1-6,8,12,23H,7,9-11H2,(H,28,29)(H,25,26,27). The maximum Gasteiger partial charge on any atom is 0.157 e. The molecule has 0 bridgehead atoms. The zero-order valence-electron chi connectivity index (χ0n) is 16.5. The molecular formula is C21H19FN8S. The maximum absolute atomic E-state index is 13.8. The number of pyridine rings is 1. The van der Waals surface area contributed by atoms with E-state index in [4.69, 9.17) is 0 Å². The summed E-state index contributed by atoms with van der Waals surface area (Å²) < 4.78 is 13.8. The summed E-state index contributed by atoms with van der Waals surface area (Å²) in [6, 6.07) is 10.9. The Morgan fingerprint density at radius 3 is 2.84 bits per heavy atom. The van der Waals surface area contributed by atoms with Crippen molar-refractivity contribution in [3.05, 3.63) is 71.3 Å². The molecular weight excluding hydrogens is 415 g/mol. The van der Waals surface area contributed by atoms with Gasteiger partial charge in [-0.05, 0) is 24.3 Å². The van der Waals surface area contributed by atoms with E-state index in [0.717, 1.165) is 39.7 Å². The number of rotatable bonds is 8. The summed E-state index contributed by atoms with van der Waals surface area (Å²) in [5, 5.41) is 7.47. The normalized spacial score (nSPS) is 11.4. The Morgan fingerprint density at radius 2 is 1.94 bits per heavy atom. The van der Waals surface area contributed by atoms with Crippen LogP contribution >= 0.6 is 11.3 Å². The summed E-state index contributed by atoms with van der Waals surface area (Å²) in [5.74, 6) is 1.13. The first-order valence-corrected chi connectivity index (χ1v) is 10.7. The minimum Gasteiger partial charge on any atom is -0.362 e. The fourth-order valence-corrected chi connectivity index (χ4v) is 4.14. The van der Waals surface area contributed by atoms with Gasteiger partial charge in [0.1, 0.15) is 28.3 Å². The van der Waals surface area contributed by atoms with Crippen LogP contribution < -0.4 is 10.6 Å². The average Bonchev–Trinajstić information content (AvgIpc) is 3.40. The van der Waals surface area contributed by atoms with Gasteiger partial charge in [0.2, 0.25) is 0 Å². The predicted octanol–water partition coefficient (Wildman–Crippen LogP) is 3.44. The topological polar surface area (TPSA) is 104 Å². The third-order valence-electron chi connectivity index (χ3n) is 4.74. The number of anilines is 1. The van der Waals surface area contributed by atoms with Gasteiger partial charge < -0.3 is 15.6 Å². The second-order valence-corrected chi connectivity index (χ2v) is 7.96. The molecule has 5 aromatic rings. The lowest BCUT2D eigenvalue weighted by Crippen LogP contribution is -2.17. The Balaban J connectivity index is 1.20. The molecule has 0 aliphatic heterocycles. The zero-order chi connectivity index (χ0) is 21.0. The molecule has 156 valence electrons. The summed E-state index contributed by atoms with van der Waals surface area (Å²) in [5.41, 5.74) is 3.03. The van der Waals surface area contributed by atoms with E-state index in [1.54, 1.807) is 12.3 Å². The van der Waals surface area contributed by atoms with Gasteiger partial charge in [0.15, 0.2) is 5.82 Å². The Morgan fingerprint density at radius 1 is 1.00 bits per heavy atom. The Bertz CT molecular complexity index is 1300. The quantitative estimate of drug-likeness (QED) is 0.321. The number of imidazole rings is 1. The van der Waals surface area contributed by atoms with Crippen LogP contribution in [0, 0.1) is 5.82 Å². The van der Waals surface area contributed by atoms with Gasteiger partial charge in [-0.25, -0.2) is 24.3 Å². The highest BCUT2D eigenvalue weighted by Gasteiger charge is 2.12. The van der Waals surface area contributed by atoms with Crippen LogP contribution in [0.2, 0.25) is 0 Å². The van der Waals surface area contributed by atoms with Crippen molar-refractivity contribution in [1.29, 1.82) is 0 Å². The molecule has 0 saturated heterocycles. The number of nitrogens with one attached hydrogen (secondary N) is 3. The van der Waals surface area contributed by atoms with Gasteiger partial charge in [0.05, 0.1) is 34.8 Å². The van der Waals surface area contributed by atoms with E-state index in [2.05, 4.69) is 40.5 Å². The summed E-state index contributed by atoms with van der Waals surface area (Å²) in [4.78, 5) is 26.0. The molecule has 0 aliphatic carbocycles. The number of thiazole rings is 1. The van der Waals surface area contributed by atoms with E-state index in [0.29, 0.717) is 23.6 Å². The van der Waals surface area contributed by atoms with Crippen LogP contribution in [0.1, 0.15) is 16.5 Å². The number of benzene rings is 1. The number of hydrogen-bond donors (Lipinski definition) is 3. The van der Waals surface area contributed by atoms with E-state index in [1.165, 1.54) is 23.7 Å². The molecule has 0 fully saturated rings. The van der Waals surface area contributed by atoms with Crippen LogP contribution in [0.3, 0.4) is 0 Å². The van der Waals surface area contributed by atoms with Crippen LogP contribution in [0.5, 0.6) is 0 Å². The van der Waals surface area contributed by atoms with Gasteiger partial charge >= 0.3 is 0 Å². The Kier molecular flexibility index (Phi) is 5.46. The van der Waals surface area contributed by atoms with Gasteiger partial charge in [-0.15, -0.1) is 0 Å². The van der Waals surface area contributed by atoms with Crippen molar-refractivity contribution in [2.45, 2.75) is 19.5 Å². The Labute approximate surface area is 181 Å². The number of hydrogen-bond acceptors (Lipinski definition) is 8. The van der Waals surface area contributed by atoms with Crippen molar-refractivity contribution in [2.75, 3.05) is 11.9 Å². The molecule has 10 heteroatoms. The summed E-state index contributed by atoms with van der Waals surface area (Å²) in [7, 11) is 0. The molecule has 1 aromatic carbocycles. The number of H-pyrrole nitrogens is 1. The number of halogens is 1. The second kappa shape index (κ2) is 8.70. The molecule has 3 N–H and O–H groups in total. The van der Waals surface area contributed by atoms with E-state index >= 15 is 0 Å². The summed E-state index contributed by atoms with van der Waals surface area (Å²) in [6.07, 6.45) is 3.81. The first kappa shape index (κ1) is 19.5. The highest BCUT2D eigenvalue weighted by Crippen LogP contribution is 2.25. The molecule has 0 saturated carbocycles. The van der Waals surface area contributed by atoms with Gasteiger partial charge in [-0.3, -0.25) is 4.98 Å². The maximum atomic E-state index is 13.8. The second-order valence-electron chi connectivity index (χ2n) is 6.90. The molecule has 31 heavy (non-hydrogen) atoms. The van der Waals surface area contributed by atoms with Gasteiger partial charge in [0, 0.05) is 19.2 Å². The molecule has 0 unspecified atom stereocenters. The monoisotopic (exact) mass is 434 g/mol. The number of fused-ring (bicyclic) bond motifs is 2. The Hall–Kier alpha value is -3.50. The highest BCUT2D eigenvalue weighted by molar-refractivity contribution is 7.18. The fraction of sp³-hybridized carbons (Fsp3) is 0.190. The van der Waals surface area contributed by atoms with Crippen LogP contribution in [-0.2, 0) is 19.5 Å². The van der Waals surface area contributed by atoms with E-state index in [-0.39, 0.29) is 12.4 Å². The summed E-state index contributed by atoms with van der Waals surface area (Å²) >= 11 is 1.53. The van der Waals surface area contributed by atoms with Crippen LogP contribution in [0.4, 0.5) is 10.2 Å². The van der Waals surface area contributed by atoms with E-state index in [1.807, 2.05) is 24.3 Å². The third-order valence-corrected chi connectivity index (χ3v) is 5.77. The highest BCUT2D eigenvalue weighted by atomic mass is 32.1. The van der Waals surface area contributed by atoms with Gasteiger partial charge in [-0.1, -0.05) is 23.5 Å². The molecule has 8 nitrogen and oxygen atoms in total. The average molecular weight is 435 g/mol. The first-order chi connectivity index (χ1) is 15.3. The third kappa shape index (κ3) is 4.35. The molecule has 4 aromatic heterocycles. The van der Waals surface area contributed by atoms with Crippen molar-refractivity contribution in [2.24, 2.45) is 0 Å². The lowest BCUT2D eigenvalue weighted by atomic mass is 10.3. The number of nitrogens with zero attached hydrogens (tertiary/aromatic N) is 5. The van der Waals surface area contributed by atoms with Gasteiger partial charge in [-0.2, -0.15) is 0 Å². The SMILES string of the molecule is Fc1cccnc1CNc1ncnc2sc(CCNCc3nc4ccccc4[nH]3)nc12. The minimum absolute atomic E-state index is 0.227. The predicted molar refractivity (Wildman–Crippen MR) is 118 cm³/mol.